The topological polar surface area (TPSA) is 26.3 Å². The number of carbonyl (C=O) groups is 1. The fourth-order valence-electron chi connectivity index (χ4n) is 3.91. The third kappa shape index (κ3) is 1.91. The Morgan fingerprint density at radius 1 is 1.04 bits per heavy atom. The highest BCUT2D eigenvalue weighted by atomic mass is 16.6. The minimum absolute atomic E-state index is 0.302. The first-order valence-corrected chi connectivity index (χ1v) is 8.23. The lowest BCUT2D eigenvalue weighted by atomic mass is 9.68. The Kier molecular flexibility index (Phi) is 3.15. The molecule has 2 aromatic rings. The molecular weight excluding hydrogens is 284 g/mol. The molecule has 2 aliphatic rings. The summed E-state index contributed by atoms with van der Waals surface area (Å²) >= 11 is 0. The van der Waals surface area contributed by atoms with Gasteiger partial charge in [0.25, 0.3) is 0 Å². The van der Waals surface area contributed by atoms with Crippen LogP contribution in [0.25, 0.3) is 11.1 Å². The maximum absolute atomic E-state index is 12.4. The van der Waals surface area contributed by atoms with Crippen LogP contribution in [-0.2, 0) is 15.1 Å². The highest BCUT2D eigenvalue weighted by molar-refractivity contribution is 5.89. The zero-order valence-electron chi connectivity index (χ0n) is 13.3. The highest BCUT2D eigenvalue weighted by Gasteiger charge is 2.53. The summed E-state index contributed by atoms with van der Waals surface area (Å²) in [4.78, 5) is 12.4. The SMILES string of the molecule is C=C(C)C(=O)OC1(C2CCC2)c2ccccc2-c2ccccc21. The molecular formula is C21H20O2. The van der Waals surface area contributed by atoms with E-state index >= 15 is 0 Å². The fraction of sp³-hybridized carbons (Fsp3) is 0.286. The molecule has 23 heavy (non-hydrogen) atoms. The summed E-state index contributed by atoms with van der Waals surface area (Å²) in [7, 11) is 0. The first-order chi connectivity index (χ1) is 11.1. The van der Waals surface area contributed by atoms with Crippen LogP contribution >= 0.6 is 0 Å². The summed E-state index contributed by atoms with van der Waals surface area (Å²) in [6, 6.07) is 16.6. The van der Waals surface area contributed by atoms with Gasteiger partial charge >= 0.3 is 5.97 Å². The van der Waals surface area contributed by atoms with E-state index in [4.69, 9.17) is 4.74 Å². The van der Waals surface area contributed by atoms with Gasteiger partial charge in [-0.25, -0.2) is 4.79 Å². The summed E-state index contributed by atoms with van der Waals surface area (Å²) < 4.78 is 6.18. The molecule has 0 radical (unpaired) electrons. The molecule has 2 nitrogen and oxygen atoms in total. The molecule has 0 heterocycles. The maximum Gasteiger partial charge on any atom is 0.334 e. The summed E-state index contributed by atoms with van der Waals surface area (Å²) in [6.07, 6.45) is 3.37. The van der Waals surface area contributed by atoms with Crippen LogP contribution in [-0.4, -0.2) is 5.97 Å². The van der Waals surface area contributed by atoms with Crippen LogP contribution in [0.4, 0.5) is 0 Å². The number of ether oxygens (including phenoxy) is 1. The van der Waals surface area contributed by atoms with Crippen LogP contribution < -0.4 is 0 Å². The molecule has 0 bridgehead atoms. The predicted octanol–water partition coefficient (Wildman–Crippen LogP) is 4.83. The van der Waals surface area contributed by atoms with E-state index in [2.05, 4.69) is 30.8 Å². The van der Waals surface area contributed by atoms with Gasteiger partial charge in [-0.1, -0.05) is 61.5 Å². The van der Waals surface area contributed by atoms with Gasteiger partial charge in [0.1, 0.15) is 0 Å². The molecule has 0 unspecified atom stereocenters. The van der Waals surface area contributed by atoms with Crippen LogP contribution in [0.1, 0.15) is 37.3 Å². The Hall–Kier alpha value is -2.35. The van der Waals surface area contributed by atoms with Crippen molar-refractivity contribution in [2.45, 2.75) is 31.8 Å². The van der Waals surface area contributed by atoms with Crippen LogP contribution in [0.3, 0.4) is 0 Å². The summed E-state index contributed by atoms with van der Waals surface area (Å²) in [5.41, 5.74) is 4.42. The summed E-state index contributed by atoms with van der Waals surface area (Å²) in [6.45, 7) is 5.48. The molecule has 1 fully saturated rings. The minimum Gasteiger partial charge on any atom is -0.446 e. The number of benzene rings is 2. The standard InChI is InChI=1S/C21H20O2/c1-14(2)20(22)23-21(15-8-7-9-15)18-12-5-3-10-16(18)17-11-4-6-13-19(17)21/h3-6,10-13,15H,1,7-9H2,2H3. The monoisotopic (exact) mass is 304 g/mol. The number of rotatable bonds is 3. The number of carbonyl (C=O) groups excluding carboxylic acids is 1. The van der Waals surface area contributed by atoms with E-state index in [0.717, 1.165) is 24.0 Å². The van der Waals surface area contributed by atoms with E-state index in [9.17, 15) is 4.79 Å². The molecule has 0 N–H and O–H groups in total. The first-order valence-electron chi connectivity index (χ1n) is 8.23. The zero-order chi connectivity index (χ0) is 16.0. The van der Waals surface area contributed by atoms with Crippen molar-refractivity contribution in [1.82, 2.24) is 0 Å². The van der Waals surface area contributed by atoms with Crippen LogP contribution in [0.15, 0.2) is 60.7 Å². The molecule has 0 aromatic heterocycles. The van der Waals surface area contributed by atoms with Gasteiger partial charge in [0.15, 0.2) is 5.60 Å². The van der Waals surface area contributed by atoms with Crippen molar-refractivity contribution in [3.8, 4) is 11.1 Å². The van der Waals surface area contributed by atoms with Gasteiger partial charge in [-0.3, -0.25) is 0 Å². The highest BCUT2D eigenvalue weighted by Crippen LogP contribution is 2.58. The normalized spacial score (nSPS) is 17.8. The molecule has 116 valence electrons. The second-order valence-electron chi connectivity index (χ2n) is 6.62. The molecule has 0 amide bonds. The van der Waals surface area contributed by atoms with Crippen molar-refractivity contribution in [2.75, 3.05) is 0 Å². The van der Waals surface area contributed by atoms with Gasteiger partial charge in [0, 0.05) is 22.6 Å². The Labute approximate surface area is 136 Å². The Bertz CT molecular complexity index is 753. The van der Waals surface area contributed by atoms with Crippen molar-refractivity contribution in [3.63, 3.8) is 0 Å². The molecule has 2 heteroatoms. The largest absolute Gasteiger partial charge is 0.446 e. The maximum atomic E-state index is 12.4. The Morgan fingerprint density at radius 3 is 2.00 bits per heavy atom. The minimum atomic E-state index is -0.651. The van der Waals surface area contributed by atoms with Gasteiger partial charge in [-0.05, 0) is 30.9 Å². The van der Waals surface area contributed by atoms with Gasteiger partial charge in [-0.15, -0.1) is 0 Å². The third-order valence-corrected chi connectivity index (χ3v) is 5.23. The van der Waals surface area contributed by atoms with E-state index < -0.39 is 5.60 Å². The number of fused-ring (bicyclic) bond motifs is 3. The second kappa shape index (κ2) is 5.09. The van der Waals surface area contributed by atoms with Crippen molar-refractivity contribution >= 4 is 5.97 Å². The van der Waals surface area contributed by atoms with Crippen molar-refractivity contribution in [1.29, 1.82) is 0 Å². The molecule has 0 saturated heterocycles. The van der Waals surface area contributed by atoms with Gasteiger partial charge in [0.05, 0.1) is 0 Å². The van der Waals surface area contributed by atoms with Crippen molar-refractivity contribution in [3.05, 3.63) is 71.8 Å². The van der Waals surface area contributed by atoms with Crippen LogP contribution in [0, 0.1) is 5.92 Å². The van der Waals surface area contributed by atoms with E-state index in [0.29, 0.717) is 11.5 Å². The van der Waals surface area contributed by atoms with E-state index in [1.165, 1.54) is 17.5 Å². The van der Waals surface area contributed by atoms with Crippen LogP contribution in [0.5, 0.6) is 0 Å². The fourth-order valence-corrected chi connectivity index (χ4v) is 3.91. The molecule has 2 aromatic carbocycles. The van der Waals surface area contributed by atoms with Crippen molar-refractivity contribution in [2.24, 2.45) is 5.92 Å². The number of hydrogen-bond donors (Lipinski definition) is 0. The van der Waals surface area contributed by atoms with Gasteiger partial charge in [0.2, 0.25) is 0 Å². The molecule has 0 aliphatic heterocycles. The van der Waals surface area contributed by atoms with Gasteiger partial charge < -0.3 is 4.74 Å². The first kappa shape index (κ1) is 14.3. The molecule has 0 spiro atoms. The molecule has 2 aliphatic carbocycles. The Morgan fingerprint density at radius 2 is 1.57 bits per heavy atom. The summed E-state index contributed by atoms with van der Waals surface area (Å²) in [5, 5.41) is 0. The Balaban J connectivity index is 1.97. The zero-order valence-corrected chi connectivity index (χ0v) is 13.3. The molecule has 0 atom stereocenters. The average Bonchev–Trinajstić information content (AvgIpc) is 2.78. The quantitative estimate of drug-likeness (QED) is 0.599. The lowest BCUT2D eigenvalue weighted by Gasteiger charge is -2.43. The number of esters is 1. The second-order valence-corrected chi connectivity index (χ2v) is 6.62. The third-order valence-electron chi connectivity index (χ3n) is 5.23. The van der Waals surface area contributed by atoms with E-state index in [1.807, 2.05) is 24.3 Å². The number of hydrogen-bond acceptors (Lipinski definition) is 2. The van der Waals surface area contributed by atoms with Crippen LogP contribution in [0.2, 0.25) is 0 Å². The molecule has 4 rings (SSSR count). The lowest BCUT2D eigenvalue weighted by molar-refractivity contribution is -0.160. The van der Waals surface area contributed by atoms with Crippen molar-refractivity contribution < 1.29 is 9.53 Å². The summed E-state index contributed by atoms with van der Waals surface area (Å²) in [5.74, 6) is 0.0407. The average molecular weight is 304 g/mol. The lowest BCUT2D eigenvalue weighted by Crippen LogP contribution is -2.43. The van der Waals surface area contributed by atoms with Gasteiger partial charge in [-0.2, -0.15) is 0 Å². The predicted molar refractivity (Wildman–Crippen MR) is 90.9 cm³/mol. The molecule has 1 saturated carbocycles. The smallest absolute Gasteiger partial charge is 0.334 e. The van der Waals surface area contributed by atoms with E-state index in [-0.39, 0.29) is 5.97 Å². The van der Waals surface area contributed by atoms with E-state index in [1.54, 1.807) is 6.92 Å².